The summed E-state index contributed by atoms with van der Waals surface area (Å²) in [4.78, 5) is 15.4. The average Bonchev–Trinajstić information content (AvgIpc) is 2.92. The number of aliphatic hydroxyl groups is 1. The van der Waals surface area contributed by atoms with E-state index in [0.29, 0.717) is 12.3 Å². The number of thioether (sulfide) groups is 1. The van der Waals surface area contributed by atoms with E-state index in [-0.39, 0.29) is 18.6 Å². The highest BCUT2D eigenvalue weighted by Crippen LogP contribution is 2.18. The Morgan fingerprint density at radius 2 is 2.21 bits per heavy atom. The predicted octanol–water partition coefficient (Wildman–Crippen LogP) is 2.99. The summed E-state index contributed by atoms with van der Waals surface area (Å²) >= 11 is 3.37. The number of carbonyl (C=O) groups excluding carboxylic acids is 1. The molecule has 0 aliphatic rings. The number of aliphatic hydroxyl groups excluding tert-OH is 1. The molecule has 0 aromatic carbocycles. The molecule has 0 saturated carbocycles. The highest BCUT2D eigenvalue weighted by atomic mass is 32.2. The van der Waals surface area contributed by atoms with Crippen LogP contribution < -0.4 is 0 Å². The standard InChI is InChI=1S/C14H23NO2S2/c1-3-12(4-2)15(7-8-16)14(17)11-18-10-13-6-5-9-19-13/h5-6,9,12,16H,3-4,7-8,10-11H2,1-2H3. The van der Waals surface area contributed by atoms with Gasteiger partial charge >= 0.3 is 0 Å². The summed E-state index contributed by atoms with van der Waals surface area (Å²) in [6, 6.07) is 4.38. The minimum absolute atomic E-state index is 0.0395. The zero-order valence-corrected chi connectivity index (χ0v) is 13.3. The van der Waals surface area contributed by atoms with Crippen LogP contribution in [0.1, 0.15) is 31.6 Å². The fourth-order valence-electron chi connectivity index (χ4n) is 2.06. The second kappa shape index (κ2) is 9.39. The Kier molecular flexibility index (Phi) is 8.18. The van der Waals surface area contributed by atoms with E-state index in [1.54, 1.807) is 23.1 Å². The second-order valence-electron chi connectivity index (χ2n) is 4.35. The van der Waals surface area contributed by atoms with E-state index in [4.69, 9.17) is 5.11 Å². The van der Waals surface area contributed by atoms with Crippen LogP contribution in [0, 0.1) is 0 Å². The van der Waals surface area contributed by atoms with Crippen molar-refractivity contribution in [3.63, 3.8) is 0 Å². The molecule has 1 aromatic heterocycles. The monoisotopic (exact) mass is 301 g/mol. The molecule has 1 heterocycles. The number of rotatable bonds is 9. The molecule has 19 heavy (non-hydrogen) atoms. The minimum atomic E-state index is 0.0395. The van der Waals surface area contributed by atoms with Gasteiger partial charge in [0.2, 0.25) is 5.91 Å². The highest BCUT2D eigenvalue weighted by Gasteiger charge is 2.20. The van der Waals surface area contributed by atoms with E-state index in [9.17, 15) is 4.79 Å². The Balaban J connectivity index is 2.42. The Bertz CT molecular complexity index is 350. The number of thiophene rings is 1. The third-order valence-corrected chi connectivity index (χ3v) is 5.12. The van der Waals surface area contributed by atoms with Crippen molar-refractivity contribution >= 4 is 29.0 Å². The molecule has 0 aliphatic heterocycles. The summed E-state index contributed by atoms with van der Waals surface area (Å²) in [5.74, 6) is 1.53. The Morgan fingerprint density at radius 3 is 2.74 bits per heavy atom. The van der Waals surface area contributed by atoms with Gasteiger partial charge in [-0.25, -0.2) is 0 Å². The first-order chi connectivity index (χ1) is 9.22. The topological polar surface area (TPSA) is 40.5 Å². The maximum absolute atomic E-state index is 12.2. The molecular weight excluding hydrogens is 278 g/mol. The van der Waals surface area contributed by atoms with Crippen LogP contribution in [0.25, 0.3) is 0 Å². The van der Waals surface area contributed by atoms with Gasteiger partial charge in [-0.2, -0.15) is 0 Å². The lowest BCUT2D eigenvalue weighted by atomic mass is 10.1. The molecule has 1 aromatic rings. The van der Waals surface area contributed by atoms with Crippen molar-refractivity contribution in [1.29, 1.82) is 0 Å². The van der Waals surface area contributed by atoms with Gasteiger partial charge in [-0.05, 0) is 24.3 Å². The fourth-order valence-corrected chi connectivity index (χ4v) is 3.82. The molecule has 108 valence electrons. The van der Waals surface area contributed by atoms with Crippen molar-refractivity contribution < 1.29 is 9.90 Å². The second-order valence-corrected chi connectivity index (χ2v) is 6.37. The molecule has 0 radical (unpaired) electrons. The summed E-state index contributed by atoms with van der Waals surface area (Å²) in [5, 5.41) is 11.2. The van der Waals surface area contributed by atoms with Crippen LogP contribution in [0.5, 0.6) is 0 Å². The van der Waals surface area contributed by atoms with Gasteiger partial charge in [-0.3, -0.25) is 4.79 Å². The van der Waals surface area contributed by atoms with Crippen molar-refractivity contribution in [2.45, 2.75) is 38.5 Å². The first-order valence-corrected chi connectivity index (χ1v) is 8.76. The molecule has 0 atom stereocenters. The summed E-state index contributed by atoms with van der Waals surface area (Å²) in [5.41, 5.74) is 0. The summed E-state index contributed by atoms with van der Waals surface area (Å²) in [6.45, 7) is 4.66. The largest absolute Gasteiger partial charge is 0.395 e. The first kappa shape index (κ1) is 16.5. The number of carbonyl (C=O) groups is 1. The highest BCUT2D eigenvalue weighted by molar-refractivity contribution is 7.99. The third kappa shape index (κ3) is 5.55. The molecule has 0 aliphatic carbocycles. The molecule has 0 bridgehead atoms. The molecule has 0 unspecified atom stereocenters. The van der Waals surface area contributed by atoms with E-state index in [1.165, 1.54) is 4.88 Å². The molecule has 1 rings (SSSR count). The van der Waals surface area contributed by atoms with E-state index >= 15 is 0 Å². The van der Waals surface area contributed by atoms with Gasteiger partial charge in [0.15, 0.2) is 0 Å². The molecule has 0 spiro atoms. The molecule has 3 nitrogen and oxygen atoms in total. The van der Waals surface area contributed by atoms with Gasteiger partial charge in [0.05, 0.1) is 12.4 Å². The smallest absolute Gasteiger partial charge is 0.232 e. The number of nitrogens with zero attached hydrogens (tertiary/aromatic N) is 1. The molecule has 1 amide bonds. The van der Waals surface area contributed by atoms with Gasteiger partial charge in [-0.1, -0.05) is 19.9 Å². The van der Waals surface area contributed by atoms with E-state index in [0.717, 1.165) is 18.6 Å². The van der Waals surface area contributed by atoms with Crippen molar-refractivity contribution in [2.24, 2.45) is 0 Å². The van der Waals surface area contributed by atoms with Gasteiger partial charge < -0.3 is 10.0 Å². The minimum Gasteiger partial charge on any atom is -0.395 e. The van der Waals surface area contributed by atoms with Crippen LogP contribution in [0.4, 0.5) is 0 Å². The summed E-state index contributed by atoms with van der Waals surface area (Å²) in [7, 11) is 0. The number of hydrogen-bond donors (Lipinski definition) is 1. The zero-order chi connectivity index (χ0) is 14.1. The maximum atomic E-state index is 12.2. The van der Waals surface area contributed by atoms with E-state index in [1.807, 2.05) is 11.0 Å². The van der Waals surface area contributed by atoms with Crippen molar-refractivity contribution in [3.8, 4) is 0 Å². The molecule has 1 N–H and O–H groups in total. The summed E-state index contributed by atoms with van der Waals surface area (Å²) < 4.78 is 0. The lowest BCUT2D eigenvalue weighted by molar-refractivity contribution is -0.131. The van der Waals surface area contributed by atoms with Crippen LogP contribution in [-0.4, -0.2) is 40.9 Å². The first-order valence-electron chi connectivity index (χ1n) is 6.73. The van der Waals surface area contributed by atoms with Gasteiger partial charge in [0.25, 0.3) is 0 Å². The van der Waals surface area contributed by atoms with Crippen LogP contribution >= 0.6 is 23.1 Å². The lowest BCUT2D eigenvalue weighted by Crippen LogP contribution is -2.42. The molecule has 0 saturated heterocycles. The summed E-state index contributed by atoms with van der Waals surface area (Å²) in [6.07, 6.45) is 1.88. The average molecular weight is 301 g/mol. The lowest BCUT2D eigenvalue weighted by Gasteiger charge is -2.30. The van der Waals surface area contributed by atoms with Crippen LogP contribution in [0.15, 0.2) is 17.5 Å². The Labute approximate surface area is 124 Å². The van der Waals surface area contributed by atoms with Gasteiger partial charge in [0.1, 0.15) is 0 Å². The van der Waals surface area contributed by atoms with Crippen LogP contribution in [0.2, 0.25) is 0 Å². The molecule has 5 heteroatoms. The fraction of sp³-hybridized carbons (Fsp3) is 0.643. The number of hydrogen-bond acceptors (Lipinski definition) is 4. The number of amides is 1. The normalized spacial score (nSPS) is 10.9. The zero-order valence-electron chi connectivity index (χ0n) is 11.7. The van der Waals surface area contributed by atoms with Crippen molar-refractivity contribution in [1.82, 2.24) is 4.90 Å². The SMILES string of the molecule is CCC(CC)N(CCO)C(=O)CSCc1cccs1. The van der Waals surface area contributed by atoms with Crippen LogP contribution in [0.3, 0.4) is 0 Å². The van der Waals surface area contributed by atoms with Gasteiger partial charge in [-0.15, -0.1) is 23.1 Å². The molecule has 0 fully saturated rings. The van der Waals surface area contributed by atoms with E-state index in [2.05, 4.69) is 25.3 Å². The van der Waals surface area contributed by atoms with Crippen molar-refractivity contribution in [3.05, 3.63) is 22.4 Å². The maximum Gasteiger partial charge on any atom is 0.232 e. The third-order valence-electron chi connectivity index (χ3n) is 3.09. The Morgan fingerprint density at radius 1 is 1.47 bits per heavy atom. The predicted molar refractivity (Wildman–Crippen MR) is 83.6 cm³/mol. The van der Waals surface area contributed by atoms with Crippen molar-refractivity contribution in [2.75, 3.05) is 18.9 Å². The van der Waals surface area contributed by atoms with Gasteiger partial charge in [0, 0.05) is 23.2 Å². The molecular formula is C14H23NO2S2. The quantitative estimate of drug-likeness (QED) is 0.762. The Hall–Kier alpha value is -0.520. The van der Waals surface area contributed by atoms with E-state index < -0.39 is 0 Å². The van der Waals surface area contributed by atoms with Crippen LogP contribution in [-0.2, 0) is 10.5 Å².